The fraction of sp³-hybridized carbons (Fsp3) is 0.529. The summed E-state index contributed by atoms with van der Waals surface area (Å²) in [7, 11) is 0. The van der Waals surface area contributed by atoms with Gasteiger partial charge >= 0.3 is 0 Å². The summed E-state index contributed by atoms with van der Waals surface area (Å²) < 4.78 is 0. The summed E-state index contributed by atoms with van der Waals surface area (Å²) in [5, 5.41) is 0.902. The van der Waals surface area contributed by atoms with E-state index in [9.17, 15) is 0 Å². The maximum Gasteiger partial charge on any atom is 0.189 e. The molecule has 126 valence electrons. The summed E-state index contributed by atoms with van der Waals surface area (Å²) in [6.07, 6.45) is 7.31. The predicted molar refractivity (Wildman–Crippen MR) is 97.0 cm³/mol. The van der Waals surface area contributed by atoms with Crippen LogP contribution in [0.5, 0.6) is 0 Å². The third kappa shape index (κ3) is 2.92. The number of aromatic nitrogens is 4. The van der Waals surface area contributed by atoms with E-state index in [0.717, 1.165) is 55.8 Å². The molecule has 0 spiro atoms. The van der Waals surface area contributed by atoms with Gasteiger partial charge in [-0.25, -0.2) is 19.9 Å². The average molecular weight is 342 g/mol. The minimum Gasteiger partial charge on any atom is -0.353 e. The highest BCUT2D eigenvalue weighted by Gasteiger charge is 2.26. The van der Waals surface area contributed by atoms with Crippen LogP contribution in [0.15, 0.2) is 17.4 Å². The molecule has 1 saturated heterocycles. The van der Waals surface area contributed by atoms with Crippen LogP contribution in [0.2, 0.25) is 0 Å². The molecular formula is C17H22N6S. The van der Waals surface area contributed by atoms with Gasteiger partial charge in [-0.1, -0.05) is 11.8 Å². The van der Waals surface area contributed by atoms with E-state index in [0.29, 0.717) is 0 Å². The average Bonchev–Trinajstić information content (AvgIpc) is 3.09. The van der Waals surface area contributed by atoms with Crippen LogP contribution in [0.3, 0.4) is 0 Å². The Hall–Kier alpha value is -1.89. The molecule has 0 aromatic carbocycles. The Labute approximate surface area is 146 Å². The van der Waals surface area contributed by atoms with E-state index >= 15 is 0 Å². The van der Waals surface area contributed by atoms with Crippen LogP contribution in [0.1, 0.15) is 23.5 Å². The summed E-state index contributed by atoms with van der Waals surface area (Å²) in [6, 6.07) is 2.00. The molecule has 0 amide bonds. The van der Waals surface area contributed by atoms with E-state index in [1.165, 1.54) is 23.5 Å². The molecule has 4 rings (SSSR count). The molecule has 1 fully saturated rings. The van der Waals surface area contributed by atoms with Crippen molar-refractivity contribution in [1.82, 2.24) is 19.9 Å². The SMILES string of the molecule is CSc1nc2c(c(N3CCN(c4ccnc(C)n4)CC3)n1)CCC2. The lowest BCUT2D eigenvalue weighted by atomic mass is 10.2. The molecule has 0 radical (unpaired) electrons. The molecule has 0 atom stereocenters. The first kappa shape index (κ1) is 15.6. The number of thioether (sulfide) groups is 1. The first-order chi connectivity index (χ1) is 11.7. The number of piperazine rings is 1. The number of fused-ring (bicyclic) bond motifs is 1. The van der Waals surface area contributed by atoms with Gasteiger partial charge in [-0.15, -0.1) is 0 Å². The zero-order valence-electron chi connectivity index (χ0n) is 14.2. The summed E-state index contributed by atoms with van der Waals surface area (Å²) in [4.78, 5) is 23.0. The van der Waals surface area contributed by atoms with Crippen molar-refractivity contribution >= 4 is 23.4 Å². The monoisotopic (exact) mass is 342 g/mol. The second-order valence-electron chi connectivity index (χ2n) is 6.25. The van der Waals surface area contributed by atoms with Crippen LogP contribution < -0.4 is 9.80 Å². The van der Waals surface area contributed by atoms with Crippen molar-refractivity contribution in [3.8, 4) is 0 Å². The standard InChI is InChI=1S/C17H22N6S/c1-12-18-7-6-15(19-12)22-8-10-23(11-9-22)16-13-4-3-5-14(13)20-17(21-16)24-2/h6-7H,3-5,8-11H2,1-2H3. The van der Waals surface area contributed by atoms with E-state index in [2.05, 4.69) is 26.0 Å². The molecule has 2 aromatic heterocycles. The van der Waals surface area contributed by atoms with Gasteiger partial charge in [0.15, 0.2) is 5.16 Å². The summed E-state index contributed by atoms with van der Waals surface area (Å²) in [5.41, 5.74) is 2.64. The smallest absolute Gasteiger partial charge is 0.189 e. The second-order valence-corrected chi connectivity index (χ2v) is 7.02. The van der Waals surface area contributed by atoms with Crippen LogP contribution in [0, 0.1) is 6.92 Å². The Kier molecular flexibility index (Phi) is 4.26. The molecule has 0 unspecified atom stereocenters. The number of hydrogen-bond donors (Lipinski definition) is 0. The van der Waals surface area contributed by atoms with Crippen molar-refractivity contribution in [2.24, 2.45) is 0 Å². The molecule has 2 aromatic rings. The zero-order valence-corrected chi connectivity index (χ0v) is 15.0. The third-order valence-corrected chi connectivity index (χ3v) is 5.29. The summed E-state index contributed by atoms with van der Waals surface area (Å²) in [6.45, 7) is 5.81. The number of anilines is 2. The van der Waals surface area contributed by atoms with Crippen molar-refractivity contribution < 1.29 is 0 Å². The van der Waals surface area contributed by atoms with Gasteiger partial charge in [0.2, 0.25) is 0 Å². The van der Waals surface area contributed by atoms with Gasteiger partial charge in [-0.3, -0.25) is 0 Å². The zero-order chi connectivity index (χ0) is 16.5. The van der Waals surface area contributed by atoms with Gasteiger partial charge in [0.25, 0.3) is 0 Å². The predicted octanol–water partition coefficient (Wildman–Crippen LogP) is 2.11. The Morgan fingerprint density at radius 1 is 1.00 bits per heavy atom. The highest BCUT2D eigenvalue weighted by molar-refractivity contribution is 7.98. The Morgan fingerprint density at radius 2 is 1.79 bits per heavy atom. The molecule has 3 heterocycles. The van der Waals surface area contributed by atoms with Crippen LogP contribution in [0.4, 0.5) is 11.6 Å². The molecule has 24 heavy (non-hydrogen) atoms. The maximum absolute atomic E-state index is 4.83. The highest BCUT2D eigenvalue weighted by Crippen LogP contribution is 2.31. The molecule has 0 N–H and O–H groups in total. The van der Waals surface area contributed by atoms with E-state index in [-0.39, 0.29) is 0 Å². The van der Waals surface area contributed by atoms with E-state index in [4.69, 9.17) is 9.97 Å². The van der Waals surface area contributed by atoms with E-state index in [1.54, 1.807) is 11.8 Å². The van der Waals surface area contributed by atoms with E-state index < -0.39 is 0 Å². The van der Waals surface area contributed by atoms with Crippen molar-refractivity contribution in [3.63, 3.8) is 0 Å². The van der Waals surface area contributed by atoms with Gasteiger partial charge in [0, 0.05) is 37.9 Å². The number of nitrogens with zero attached hydrogens (tertiary/aromatic N) is 6. The minimum atomic E-state index is 0.827. The number of aryl methyl sites for hydroxylation is 2. The first-order valence-electron chi connectivity index (χ1n) is 8.48. The molecule has 0 saturated carbocycles. The summed E-state index contributed by atoms with van der Waals surface area (Å²) in [5.74, 6) is 3.02. The minimum absolute atomic E-state index is 0.827. The lowest BCUT2D eigenvalue weighted by Crippen LogP contribution is -2.47. The molecule has 6 nitrogen and oxygen atoms in total. The lowest BCUT2D eigenvalue weighted by molar-refractivity contribution is 0.633. The van der Waals surface area contributed by atoms with Crippen molar-refractivity contribution in [2.45, 2.75) is 31.3 Å². The van der Waals surface area contributed by atoms with Crippen molar-refractivity contribution in [1.29, 1.82) is 0 Å². The van der Waals surface area contributed by atoms with Gasteiger partial charge < -0.3 is 9.80 Å². The molecule has 7 heteroatoms. The summed E-state index contributed by atoms with van der Waals surface area (Å²) >= 11 is 1.64. The molecular weight excluding hydrogens is 320 g/mol. The second kappa shape index (κ2) is 6.55. The number of hydrogen-bond acceptors (Lipinski definition) is 7. The van der Waals surface area contributed by atoms with Crippen LogP contribution >= 0.6 is 11.8 Å². The highest BCUT2D eigenvalue weighted by atomic mass is 32.2. The Morgan fingerprint density at radius 3 is 2.54 bits per heavy atom. The Bertz CT molecular complexity index is 742. The largest absolute Gasteiger partial charge is 0.353 e. The first-order valence-corrected chi connectivity index (χ1v) is 9.70. The van der Waals surface area contributed by atoms with Crippen LogP contribution in [-0.2, 0) is 12.8 Å². The number of rotatable bonds is 3. The van der Waals surface area contributed by atoms with Crippen molar-refractivity contribution in [2.75, 3.05) is 42.2 Å². The van der Waals surface area contributed by atoms with Crippen LogP contribution in [-0.4, -0.2) is 52.4 Å². The molecule has 2 aliphatic rings. The molecule has 0 bridgehead atoms. The lowest BCUT2D eigenvalue weighted by Gasteiger charge is -2.36. The quantitative estimate of drug-likeness (QED) is 0.625. The fourth-order valence-electron chi connectivity index (χ4n) is 3.51. The third-order valence-electron chi connectivity index (χ3n) is 4.74. The van der Waals surface area contributed by atoms with Crippen LogP contribution in [0.25, 0.3) is 0 Å². The van der Waals surface area contributed by atoms with E-state index in [1.807, 2.05) is 19.2 Å². The van der Waals surface area contributed by atoms with Gasteiger partial charge in [-0.05, 0) is 38.5 Å². The Balaban J connectivity index is 1.53. The fourth-order valence-corrected chi connectivity index (χ4v) is 3.89. The van der Waals surface area contributed by atoms with Gasteiger partial charge in [-0.2, -0.15) is 0 Å². The maximum atomic E-state index is 4.83. The normalized spacial score (nSPS) is 17.2. The molecule has 1 aliphatic heterocycles. The van der Waals surface area contributed by atoms with Gasteiger partial charge in [0.05, 0.1) is 5.69 Å². The van der Waals surface area contributed by atoms with Crippen molar-refractivity contribution in [3.05, 3.63) is 29.3 Å². The topological polar surface area (TPSA) is 58.0 Å². The molecule has 1 aliphatic carbocycles. The van der Waals surface area contributed by atoms with Gasteiger partial charge in [0.1, 0.15) is 17.5 Å².